The Bertz CT molecular complexity index is 1250. The minimum atomic E-state index is -0.432. The topological polar surface area (TPSA) is 58.6 Å². The molecule has 1 aromatic heterocycles. The Morgan fingerprint density at radius 3 is 2.64 bits per heavy atom. The number of aromatic nitrogens is 2. The minimum absolute atomic E-state index is 0.0795. The molecule has 33 heavy (non-hydrogen) atoms. The van der Waals surface area contributed by atoms with Gasteiger partial charge in [-0.15, -0.1) is 0 Å². The summed E-state index contributed by atoms with van der Waals surface area (Å²) in [5.74, 6) is 0.604. The van der Waals surface area contributed by atoms with Crippen LogP contribution >= 0.6 is 11.6 Å². The maximum Gasteiger partial charge on any atom is 0.246 e. The zero-order valence-electron chi connectivity index (χ0n) is 18.5. The molecular weight excluding hydrogens is 443 g/mol. The molecule has 1 fully saturated rings. The molecule has 0 saturated carbocycles. The van der Waals surface area contributed by atoms with E-state index in [1.807, 2.05) is 19.1 Å². The fourth-order valence-corrected chi connectivity index (χ4v) is 4.50. The van der Waals surface area contributed by atoms with Gasteiger partial charge in [0.1, 0.15) is 23.7 Å². The van der Waals surface area contributed by atoms with E-state index in [0.29, 0.717) is 53.6 Å². The Hall–Kier alpha value is -3.45. The molecule has 0 spiro atoms. The highest BCUT2D eigenvalue weighted by molar-refractivity contribution is 6.35. The van der Waals surface area contributed by atoms with Gasteiger partial charge in [0.15, 0.2) is 0 Å². The third kappa shape index (κ3) is 4.16. The highest BCUT2D eigenvalue weighted by Crippen LogP contribution is 2.43. The van der Waals surface area contributed by atoms with Crippen molar-refractivity contribution in [1.29, 1.82) is 0 Å². The van der Waals surface area contributed by atoms with Crippen LogP contribution < -0.4 is 9.64 Å². The summed E-state index contributed by atoms with van der Waals surface area (Å²) in [5.41, 5.74) is 2.15. The van der Waals surface area contributed by atoms with E-state index in [1.54, 1.807) is 23.1 Å². The number of amides is 1. The third-order valence-corrected chi connectivity index (χ3v) is 6.04. The van der Waals surface area contributed by atoms with Gasteiger partial charge in [0.05, 0.1) is 23.2 Å². The summed E-state index contributed by atoms with van der Waals surface area (Å²) in [6, 6.07) is 6.46. The van der Waals surface area contributed by atoms with E-state index in [1.165, 1.54) is 25.6 Å². The number of hydrogen-bond acceptors (Lipinski definition) is 5. The second-order valence-corrected chi connectivity index (χ2v) is 7.98. The molecular formula is C25H24ClFN4O2. The number of piperazine rings is 1. The van der Waals surface area contributed by atoms with Crippen molar-refractivity contribution < 1.29 is 13.9 Å². The van der Waals surface area contributed by atoms with E-state index in [-0.39, 0.29) is 11.5 Å². The van der Waals surface area contributed by atoms with E-state index in [9.17, 15) is 9.18 Å². The third-order valence-electron chi connectivity index (χ3n) is 5.74. The number of hydrogen-bond donors (Lipinski definition) is 0. The summed E-state index contributed by atoms with van der Waals surface area (Å²) in [7, 11) is 1.50. The van der Waals surface area contributed by atoms with E-state index in [4.69, 9.17) is 16.3 Å². The molecule has 4 rings (SSSR count). The summed E-state index contributed by atoms with van der Waals surface area (Å²) in [6.07, 6.45) is 6.57. The molecule has 1 aliphatic rings. The average molecular weight is 467 g/mol. The van der Waals surface area contributed by atoms with Crippen molar-refractivity contribution in [2.75, 3.05) is 38.2 Å². The smallest absolute Gasteiger partial charge is 0.246 e. The zero-order valence-corrected chi connectivity index (χ0v) is 19.3. The molecule has 3 aromatic rings. The first-order valence-corrected chi connectivity index (χ1v) is 11.0. The lowest BCUT2D eigenvalue weighted by atomic mass is 9.95. The second-order valence-electron chi connectivity index (χ2n) is 7.57. The van der Waals surface area contributed by atoms with Crippen LogP contribution in [0.15, 0.2) is 49.3 Å². The Morgan fingerprint density at radius 1 is 1.21 bits per heavy atom. The normalized spacial score (nSPS) is 14.2. The fraction of sp³-hybridized carbons (Fsp3) is 0.240. The molecule has 0 unspecified atom stereocenters. The first-order valence-electron chi connectivity index (χ1n) is 10.6. The molecule has 2 aromatic carbocycles. The van der Waals surface area contributed by atoms with Gasteiger partial charge in [0, 0.05) is 42.7 Å². The zero-order chi connectivity index (χ0) is 23.5. The maximum absolute atomic E-state index is 15.0. The molecule has 1 amide bonds. The lowest BCUT2D eigenvalue weighted by molar-refractivity contribution is -0.126. The number of rotatable bonds is 5. The Balaban J connectivity index is 1.88. The van der Waals surface area contributed by atoms with Crippen LogP contribution in [-0.2, 0) is 4.79 Å². The van der Waals surface area contributed by atoms with Crippen LogP contribution in [0, 0.1) is 5.82 Å². The molecule has 2 heterocycles. The quantitative estimate of drug-likeness (QED) is 0.497. The number of ether oxygens (including phenoxy) is 1. The average Bonchev–Trinajstić information content (AvgIpc) is 2.84. The predicted octanol–water partition coefficient (Wildman–Crippen LogP) is 4.97. The van der Waals surface area contributed by atoms with Crippen LogP contribution in [0.4, 0.5) is 10.2 Å². The SMILES string of the molecule is C=CC(=O)N1CCN(c2ncnc3c(/C=C/C)c(-c4c(F)cccc4OC)c(Cl)cc23)CC1. The van der Waals surface area contributed by atoms with Gasteiger partial charge in [0.2, 0.25) is 5.91 Å². The Morgan fingerprint density at radius 2 is 1.97 bits per heavy atom. The van der Waals surface area contributed by atoms with Gasteiger partial charge < -0.3 is 14.5 Å². The van der Waals surface area contributed by atoms with Crippen LogP contribution in [0.5, 0.6) is 5.75 Å². The van der Waals surface area contributed by atoms with Crippen molar-refractivity contribution in [3.8, 4) is 16.9 Å². The van der Waals surface area contributed by atoms with E-state index in [0.717, 1.165) is 11.2 Å². The Kier molecular flexibility index (Phi) is 6.60. The van der Waals surface area contributed by atoms with Crippen LogP contribution in [-0.4, -0.2) is 54.1 Å². The van der Waals surface area contributed by atoms with E-state index >= 15 is 0 Å². The summed E-state index contributed by atoms with van der Waals surface area (Å²) in [5, 5.41) is 1.13. The maximum atomic E-state index is 15.0. The van der Waals surface area contributed by atoms with Crippen molar-refractivity contribution in [2.24, 2.45) is 0 Å². The first-order chi connectivity index (χ1) is 16.0. The van der Waals surface area contributed by atoms with Crippen LogP contribution in [0.3, 0.4) is 0 Å². The molecule has 0 aliphatic carbocycles. The number of methoxy groups -OCH3 is 1. The lowest BCUT2D eigenvalue weighted by Gasteiger charge is -2.35. The number of benzene rings is 2. The van der Waals surface area contributed by atoms with Gasteiger partial charge in [-0.3, -0.25) is 4.79 Å². The summed E-state index contributed by atoms with van der Waals surface area (Å²) in [6.45, 7) is 7.81. The van der Waals surface area contributed by atoms with Crippen molar-refractivity contribution in [2.45, 2.75) is 6.92 Å². The van der Waals surface area contributed by atoms with Crippen LogP contribution in [0.25, 0.3) is 28.1 Å². The van der Waals surface area contributed by atoms with Gasteiger partial charge in [-0.1, -0.05) is 36.4 Å². The molecule has 6 nitrogen and oxygen atoms in total. The predicted molar refractivity (Wildman–Crippen MR) is 130 cm³/mol. The van der Waals surface area contributed by atoms with Crippen molar-refractivity contribution in [3.05, 3.63) is 65.7 Å². The largest absolute Gasteiger partial charge is 0.496 e. The minimum Gasteiger partial charge on any atom is -0.496 e. The summed E-state index contributed by atoms with van der Waals surface area (Å²) >= 11 is 6.78. The van der Waals surface area contributed by atoms with Gasteiger partial charge >= 0.3 is 0 Å². The van der Waals surface area contributed by atoms with Gasteiger partial charge in [0.25, 0.3) is 0 Å². The summed E-state index contributed by atoms with van der Waals surface area (Å²) < 4.78 is 20.4. The molecule has 170 valence electrons. The number of nitrogens with zero attached hydrogens (tertiary/aromatic N) is 4. The first kappa shape index (κ1) is 22.7. The molecule has 1 aliphatic heterocycles. The number of allylic oxidation sites excluding steroid dienone is 1. The van der Waals surface area contributed by atoms with Crippen molar-refractivity contribution in [1.82, 2.24) is 14.9 Å². The standard InChI is InChI=1S/C25H24ClFN4O2/c1-4-7-16-22(23-19(27)8-6-9-20(23)33-3)18(26)14-17-24(16)28-15-29-25(17)31-12-10-30(11-13-31)21(32)5-2/h4-9,14-15H,2,10-13H2,1,3H3/b7-4+. The number of anilines is 1. The van der Waals surface area contributed by atoms with Gasteiger partial charge in [-0.2, -0.15) is 0 Å². The Labute approximate surface area is 197 Å². The number of carbonyl (C=O) groups is 1. The monoisotopic (exact) mass is 466 g/mol. The summed E-state index contributed by atoms with van der Waals surface area (Å²) in [4.78, 5) is 24.9. The lowest BCUT2D eigenvalue weighted by Crippen LogP contribution is -2.48. The molecule has 0 radical (unpaired) electrons. The number of carbonyl (C=O) groups excluding carboxylic acids is 1. The molecule has 0 N–H and O–H groups in total. The second kappa shape index (κ2) is 9.58. The van der Waals surface area contributed by atoms with Gasteiger partial charge in [-0.05, 0) is 31.2 Å². The highest BCUT2D eigenvalue weighted by atomic mass is 35.5. The van der Waals surface area contributed by atoms with Crippen molar-refractivity contribution >= 4 is 40.3 Å². The number of fused-ring (bicyclic) bond motifs is 1. The van der Waals surface area contributed by atoms with Crippen LogP contribution in [0.1, 0.15) is 12.5 Å². The van der Waals surface area contributed by atoms with Gasteiger partial charge in [-0.25, -0.2) is 14.4 Å². The fourth-order valence-electron chi connectivity index (χ4n) is 4.20. The van der Waals surface area contributed by atoms with E-state index in [2.05, 4.69) is 21.4 Å². The highest BCUT2D eigenvalue weighted by Gasteiger charge is 2.25. The van der Waals surface area contributed by atoms with Crippen LogP contribution in [0.2, 0.25) is 5.02 Å². The molecule has 8 heteroatoms. The number of halogens is 2. The van der Waals surface area contributed by atoms with Crippen molar-refractivity contribution in [3.63, 3.8) is 0 Å². The molecule has 1 saturated heterocycles. The molecule has 0 atom stereocenters. The van der Waals surface area contributed by atoms with E-state index < -0.39 is 5.82 Å². The molecule has 0 bridgehead atoms.